The fourth-order valence-electron chi connectivity index (χ4n) is 1.77. The van der Waals surface area contributed by atoms with Crippen LogP contribution in [0, 0.1) is 0 Å². The molecular formula is C14H10N2O2. The van der Waals surface area contributed by atoms with Crippen molar-refractivity contribution in [3.05, 3.63) is 61.6 Å². The van der Waals surface area contributed by atoms with Gasteiger partial charge in [0.25, 0.3) is 0 Å². The fourth-order valence-corrected chi connectivity index (χ4v) is 1.77. The van der Waals surface area contributed by atoms with Crippen LogP contribution in [0.3, 0.4) is 0 Å². The summed E-state index contributed by atoms with van der Waals surface area (Å²) in [7, 11) is 0. The van der Waals surface area contributed by atoms with Crippen LogP contribution in [0.5, 0.6) is 0 Å². The van der Waals surface area contributed by atoms with Gasteiger partial charge in [-0.25, -0.2) is 9.97 Å². The van der Waals surface area contributed by atoms with E-state index in [1.54, 1.807) is 6.20 Å². The highest BCUT2D eigenvalue weighted by Gasteiger charge is 2.01. The number of rotatable bonds is 0. The number of aromatic nitrogens is 2. The van der Waals surface area contributed by atoms with E-state index in [1.807, 2.05) is 24.3 Å². The summed E-state index contributed by atoms with van der Waals surface area (Å²) in [4.78, 5) is 7.74. The molecule has 0 aliphatic heterocycles. The van der Waals surface area contributed by atoms with Crippen LogP contribution in [0.2, 0.25) is 0 Å². The highest BCUT2D eigenvalue weighted by Crippen LogP contribution is 2.23. The van der Waals surface area contributed by atoms with Crippen LogP contribution in [0.15, 0.2) is 70.5 Å². The van der Waals surface area contributed by atoms with Gasteiger partial charge >= 0.3 is 0 Å². The Morgan fingerprint density at radius 2 is 1.89 bits per heavy atom. The summed E-state index contributed by atoms with van der Waals surface area (Å²) in [5.41, 5.74) is 1.79. The van der Waals surface area contributed by atoms with Crippen molar-refractivity contribution in [1.29, 1.82) is 0 Å². The summed E-state index contributed by atoms with van der Waals surface area (Å²) in [6, 6.07) is 12.2. The average molecular weight is 238 g/mol. The lowest BCUT2D eigenvalue weighted by Crippen LogP contribution is -1.73. The molecule has 2 aromatic carbocycles. The second-order valence-electron chi connectivity index (χ2n) is 3.66. The van der Waals surface area contributed by atoms with Gasteiger partial charge in [0, 0.05) is 5.39 Å². The zero-order valence-corrected chi connectivity index (χ0v) is 9.48. The van der Waals surface area contributed by atoms with Crippen LogP contribution in [0.25, 0.3) is 21.9 Å². The molecule has 0 aliphatic carbocycles. The maximum absolute atomic E-state index is 5.21. The zero-order chi connectivity index (χ0) is 12.2. The molecule has 0 atom stereocenters. The molecule has 18 heavy (non-hydrogen) atoms. The van der Waals surface area contributed by atoms with E-state index in [9.17, 15) is 0 Å². The summed E-state index contributed by atoms with van der Waals surface area (Å²) >= 11 is 0. The minimum atomic E-state index is 0.846. The van der Waals surface area contributed by atoms with Crippen molar-refractivity contribution >= 4 is 21.9 Å². The van der Waals surface area contributed by atoms with Gasteiger partial charge in [-0.1, -0.05) is 30.3 Å². The normalized spacial score (nSPS) is 10.2. The van der Waals surface area contributed by atoms with Gasteiger partial charge in [-0.2, -0.15) is 0 Å². The molecule has 0 radical (unpaired) electrons. The maximum atomic E-state index is 5.21. The summed E-state index contributed by atoms with van der Waals surface area (Å²) in [5.74, 6) is 0. The molecular weight excluding hydrogens is 228 g/mol. The summed E-state index contributed by atoms with van der Waals surface area (Å²) in [6.07, 6.45) is 5.96. The smallest absolute Gasteiger partial charge is 0.182 e. The van der Waals surface area contributed by atoms with Crippen LogP contribution >= 0.6 is 0 Å². The van der Waals surface area contributed by atoms with E-state index in [2.05, 4.69) is 26.5 Å². The Bertz CT molecular complexity index is 727. The molecule has 0 fully saturated rings. The van der Waals surface area contributed by atoms with Crippen LogP contribution in [0.4, 0.5) is 0 Å². The lowest BCUT2D eigenvalue weighted by atomic mass is 10.1. The second-order valence-corrected chi connectivity index (χ2v) is 3.66. The predicted octanol–water partition coefficient (Wildman–Crippen LogP) is 3.66. The van der Waals surface area contributed by atoms with Gasteiger partial charge in [0.15, 0.2) is 18.4 Å². The first-order chi connectivity index (χ1) is 8.95. The van der Waals surface area contributed by atoms with Crippen molar-refractivity contribution in [3.8, 4) is 0 Å². The van der Waals surface area contributed by atoms with E-state index in [0.717, 1.165) is 16.5 Å². The zero-order valence-electron chi connectivity index (χ0n) is 9.48. The number of nitrogens with zero attached hydrogens (tertiary/aromatic N) is 2. The summed E-state index contributed by atoms with van der Waals surface area (Å²) < 4.78 is 9.69. The minimum Gasteiger partial charge on any atom is -0.452 e. The largest absolute Gasteiger partial charge is 0.452 e. The number of benzene rings is 2. The molecule has 0 unspecified atom stereocenters. The molecule has 4 rings (SSSR count). The maximum Gasteiger partial charge on any atom is 0.182 e. The molecule has 0 spiro atoms. The third-order valence-corrected chi connectivity index (χ3v) is 2.57. The van der Waals surface area contributed by atoms with Crippen molar-refractivity contribution in [1.82, 2.24) is 9.97 Å². The van der Waals surface area contributed by atoms with E-state index >= 15 is 0 Å². The Morgan fingerprint density at radius 1 is 0.944 bits per heavy atom. The van der Waals surface area contributed by atoms with E-state index in [-0.39, 0.29) is 0 Å². The molecule has 0 saturated heterocycles. The minimum absolute atomic E-state index is 0.846. The first-order valence-corrected chi connectivity index (χ1v) is 5.48. The van der Waals surface area contributed by atoms with Gasteiger partial charge < -0.3 is 8.83 Å². The van der Waals surface area contributed by atoms with Gasteiger partial charge in [-0.05, 0) is 11.5 Å². The van der Waals surface area contributed by atoms with Crippen LogP contribution in [0.1, 0.15) is 0 Å². The van der Waals surface area contributed by atoms with E-state index in [4.69, 9.17) is 4.42 Å². The predicted molar refractivity (Wildman–Crippen MR) is 68.0 cm³/mol. The second kappa shape index (κ2) is 4.71. The van der Waals surface area contributed by atoms with Gasteiger partial charge in [-0.15, -0.1) is 0 Å². The van der Waals surface area contributed by atoms with Crippen molar-refractivity contribution in [2.24, 2.45) is 0 Å². The van der Waals surface area contributed by atoms with E-state index in [1.165, 1.54) is 24.4 Å². The quantitative estimate of drug-likeness (QED) is 0.469. The molecule has 4 heteroatoms. The number of hydrogen-bond acceptors (Lipinski definition) is 4. The summed E-state index contributed by atoms with van der Waals surface area (Å²) in [6.45, 7) is 0. The molecule has 0 aliphatic rings. The average Bonchev–Trinajstić information content (AvgIpc) is 3.12. The number of oxazole rings is 2. The molecule has 88 valence electrons. The van der Waals surface area contributed by atoms with Gasteiger partial charge in [0.2, 0.25) is 0 Å². The van der Waals surface area contributed by atoms with Gasteiger partial charge in [0.1, 0.15) is 11.8 Å². The SMILES string of the molecule is c1ccc2c(c1)ccc1ocnc12.c1cocn1. The topological polar surface area (TPSA) is 52.1 Å². The monoisotopic (exact) mass is 238 g/mol. The molecule has 2 heterocycles. The summed E-state index contributed by atoms with van der Waals surface area (Å²) in [5, 5.41) is 2.35. The molecule has 0 N–H and O–H groups in total. The van der Waals surface area contributed by atoms with E-state index in [0.29, 0.717) is 0 Å². The molecule has 2 aromatic heterocycles. The first kappa shape index (κ1) is 10.5. The van der Waals surface area contributed by atoms with Crippen LogP contribution in [-0.4, -0.2) is 9.97 Å². The molecule has 4 nitrogen and oxygen atoms in total. The molecule has 0 amide bonds. The standard InChI is InChI=1S/C11H7NO.C3H3NO/c1-2-4-9-8(3-1)5-6-10-11(9)12-7-13-10;1-2-5-3-4-1/h1-7H;1-3H. The Kier molecular flexibility index (Phi) is 2.75. The Morgan fingerprint density at radius 3 is 2.67 bits per heavy atom. The fraction of sp³-hybridized carbons (Fsp3) is 0. The third kappa shape index (κ3) is 1.96. The van der Waals surface area contributed by atoms with Crippen molar-refractivity contribution in [3.63, 3.8) is 0 Å². The van der Waals surface area contributed by atoms with Crippen molar-refractivity contribution < 1.29 is 8.83 Å². The number of fused-ring (bicyclic) bond motifs is 3. The first-order valence-electron chi connectivity index (χ1n) is 5.48. The highest BCUT2D eigenvalue weighted by atomic mass is 16.3. The Labute approximate surface area is 103 Å². The Hall–Kier alpha value is -2.62. The van der Waals surface area contributed by atoms with Crippen LogP contribution < -0.4 is 0 Å². The van der Waals surface area contributed by atoms with Crippen LogP contribution in [-0.2, 0) is 0 Å². The third-order valence-electron chi connectivity index (χ3n) is 2.57. The van der Waals surface area contributed by atoms with Crippen molar-refractivity contribution in [2.45, 2.75) is 0 Å². The lowest BCUT2D eigenvalue weighted by Gasteiger charge is -1.95. The van der Waals surface area contributed by atoms with Gasteiger partial charge in [0.05, 0.1) is 6.20 Å². The molecule has 4 aromatic rings. The van der Waals surface area contributed by atoms with E-state index < -0.39 is 0 Å². The Balaban J connectivity index is 0.000000169. The molecule has 0 bridgehead atoms. The number of hydrogen-bond donors (Lipinski definition) is 0. The molecule has 0 saturated carbocycles. The lowest BCUT2D eigenvalue weighted by molar-refractivity contribution is 0.558. The van der Waals surface area contributed by atoms with Gasteiger partial charge in [-0.3, -0.25) is 0 Å². The van der Waals surface area contributed by atoms with Crippen molar-refractivity contribution in [2.75, 3.05) is 0 Å². The highest BCUT2D eigenvalue weighted by molar-refractivity contribution is 6.03.